The fraction of sp³-hybridized carbons (Fsp3) is 0.769. The lowest BCUT2D eigenvalue weighted by molar-refractivity contribution is 0.0592. The summed E-state index contributed by atoms with van der Waals surface area (Å²) in [5, 5.41) is 8.01. The van der Waals surface area contributed by atoms with Crippen LogP contribution in [-0.2, 0) is 17.7 Å². The highest BCUT2D eigenvalue weighted by atomic mass is 16.5. The SMILES string of the molecule is COC(=O)c1nnn(CCC2CCCC2)c1CCN. The number of rotatable bonds is 6. The van der Waals surface area contributed by atoms with E-state index in [4.69, 9.17) is 10.5 Å². The van der Waals surface area contributed by atoms with E-state index in [0.717, 1.165) is 24.6 Å². The van der Waals surface area contributed by atoms with Gasteiger partial charge in [0.05, 0.1) is 12.8 Å². The monoisotopic (exact) mass is 266 g/mol. The van der Waals surface area contributed by atoms with Crippen molar-refractivity contribution in [3.8, 4) is 0 Å². The van der Waals surface area contributed by atoms with Gasteiger partial charge in [0, 0.05) is 13.0 Å². The molecule has 1 aromatic rings. The summed E-state index contributed by atoms with van der Waals surface area (Å²) < 4.78 is 6.54. The van der Waals surface area contributed by atoms with Crippen molar-refractivity contribution in [2.45, 2.75) is 45.1 Å². The number of hydrogen-bond acceptors (Lipinski definition) is 5. The number of aromatic nitrogens is 3. The van der Waals surface area contributed by atoms with E-state index in [9.17, 15) is 4.79 Å². The van der Waals surface area contributed by atoms with Crippen LogP contribution in [0, 0.1) is 5.92 Å². The number of carbonyl (C=O) groups excluding carboxylic acids is 1. The molecule has 0 unspecified atom stereocenters. The van der Waals surface area contributed by atoms with Gasteiger partial charge in [0.15, 0.2) is 5.69 Å². The smallest absolute Gasteiger partial charge is 0.360 e. The minimum atomic E-state index is -0.435. The number of esters is 1. The molecular weight excluding hydrogens is 244 g/mol. The van der Waals surface area contributed by atoms with E-state index in [1.807, 2.05) is 4.68 Å². The van der Waals surface area contributed by atoms with Gasteiger partial charge in [0.25, 0.3) is 0 Å². The highest BCUT2D eigenvalue weighted by Gasteiger charge is 2.21. The Labute approximate surface area is 113 Å². The molecule has 1 aliphatic carbocycles. The third kappa shape index (κ3) is 3.32. The van der Waals surface area contributed by atoms with Crippen LogP contribution in [-0.4, -0.2) is 34.6 Å². The predicted molar refractivity (Wildman–Crippen MR) is 70.7 cm³/mol. The first kappa shape index (κ1) is 14.0. The van der Waals surface area contributed by atoms with Crippen molar-refractivity contribution >= 4 is 5.97 Å². The quantitative estimate of drug-likeness (QED) is 0.781. The van der Waals surface area contributed by atoms with Gasteiger partial charge in [-0.15, -0.1) is 5.10 Å². The zero-order chi connectivity index (χ0) is 13.7. The fourth-order valence-corrected chi connectivity index (χ4v) is 2.76. The molecule has 0 aliphatic heterocycles. The second kappa shape index (κ2) is 6.65. The van der Waals surface area contributed by atoms with E-state index in [2.05, 4.69) is 10.3 Å². The molecule has 6 heteroatoms. The Kier molecular flexibility index (Phi) is 4.90. The van der Waals surface area contributed by atoms with Crippen molar-refractivity contribution in [3.05, 3.63) is 11.4 Å². The molecule has 0 aromatic carbocycles. The molecule has 1 aliphatic rings. The minimum Gasteiger partial charge on any atom is -0.464 e. The van der Waals surface area contributed by atoms with Gasteiger partial charge in [0.2, 0.25) is 0 Å². The van der Waals surface area contributed by atoms with E-state index >= 15 is 0 Å². The van der Waals surface area contributed by atoms with E-state index in [1.54, 1.807) is 0 Å². The molecule has 19 heavy (non-hydrogen) atoms. The van der Waals surface area contributed by atoms with Gasteiger partial charge in [-0.25, -0.2) is 9.48 Å². The molecule has 6 nitrogen and oxygen atoms in total. The number of methoxy groups -OCH3 is 1. The topological polar surface area (TPSA) is 83.0 Å². The molecule has 2 rings (SSSR count). The van der Waals surface area contributed by atoms with Gasteiger partial charge >= 0.3 is 5.97 Å². The Balaban J connectivity index is 2.05. The van der Waals surface area contributed by atoms with Crippen LogP contribution in [0.3, 0.4) is 0 Å². The first-order valence-corrected chi connectivity index (χ1v) is 6.97. The Morgan fingerprint density at radius 3 is 2.84 bits per heavy atom. The van der Waals surface area contributed by atoms with Crippen LogP contribution in [0.25, 0.3) is 0 Å². The van der Waals surface area contributed by atoms with Crippen molar-refractivity contribution in [2.75, 3.05) is 13.7 Å². The molecule has 106 valence electrons. The van der Waals surface area contributed by atoms with Crippen molar-refractivity contribution in [3.63, 3.8) is 0 Å². The summed E-state index contributed by atoms with van der Waals surface area (Å²) in [6, 6.07) is 0. The Bertz CT molecular complexity index is 424. The maximum absolute atomic E-state index is 11.6. The van der Waals surface area contributed by atoms with Gasteiger partial charge in [-0.2, -0.15) is 0 Å². The Morgan fingerprint density at radius 1 is 1.47 bits per heavy atom. The van der Waals surface area contributed by atoms with Crippen LogP contribution in [0.1, 0.15) is 48.3 Å². The third-order valence-electron chi connectivity index (χ3n) is 3.82. The molecule has 0 saturated heterocycles. The molecule has 1 heterocycles. The van der Waals surface area contributed by atoms with Crippen molar-refractivity contribution in [1.29, 1.82) is 0 Å². The van der Waals surface area contributed by atoms with Crippen LogP contribution < -0.4 is 5.73 Å². The summed E-state index contributed by atoms with van der Waals surface area (Å²) in [5.74, 6) is 0.354. The summed E-state index contributed by atoms with van der Waals surface area (Å²) in [7, 11) is 1.35. The van der Waals surface area contributed by atoms with Crippen molar-refractivity contribution in [1.82, 2.24) is 15.0 Å². The lowest BCUT2D eigenvalue weighted by Crippen LogP contribution is -2.15. The zero-order valence-electron chi connectivity index (χ0n) is 11.5. The van der Waals surface area contributed by atoms with Crippen LogP contribution in [0.4, 0.5) is 0 Å². The molecule has 0 radical (unpaired) electrons. The summed E-state index contributed by atoms with van der Waals surface area (Å²) in [6.45, 7) is 1.28. The largest absolute Gasteiger partial charge is 0.464 e. The summed E-state index contributed by atoms with van der Waals surface area (Å²) >= 11 is 0. The molecule has 0 bridgehead atoms. The van der Waals surface area contributed by atoms with Crippen LogP contribution >= 0.6 is 0 Å². The number of ether oxygens (including phenoxy) is 1. The van der Waals surface area contributed by atoms with Gasteiger partial charge in [-0.05, 0) is 18.9 Å². The van der Waals surface area contributed by atoms with Gasteiger partial charge in [-0.3, -0.25) is 0 Å². The maximum atomic E-state index is 11.6. The summed E-state index contributed by atoms with van der Waals surface area (Å²) in [5.41, 5.74) is 6.70. The minimum absolute atomic E-state index is 0.305. The van der Waals surface area contributed by atoms with E-state index < -0.39 is 5.97 Å². The molecule has 1 saturated carbocycles. The molecule has 0 spiro atoms. The number of nitrogens with two attached hydrogens (primary N) is 1. The zero-order valence-corrected chi connectivity index (χ0v) is 11.5. The maximum Gasteiger partial charge on any atom is 0.360 e. The average molecular weight is 266 g/mol. The predicted octanol–water partition coefficient (Wildman–Crippen LogP) is 1.15. The van der Waals surface area contributed by atoms with Crippen molar-refractivity contribution in [2.24, 2.45) is 11.7 Å². The first-order chi connectivity index (χ1) is 9.26. The number of nitrogens with zero attached hydrogens (tertiary/aromatic N) is 3. The first-order valence-electron chi connectivity index (χ1n) is 6.97. The van der Waals surface area contributed by atoms with Crippen LogP contribution in [0.2, 0.25) is 0 Å². The number of hydrogen-bond donors (Lipinski definition) is 1. The fourth-order valence-electron chi connectivity index (χ4n) is 2.76. The van der Waals surface area contributed by atoms with E-state index in [-0.39, 0.29) is 0 Å². The molecule has 2 N–H and O–H groups in total. The van der Waals surface area contributed by atoms with E-state index in [0.29, 0.717) is 18.7 Å². The van der Waals surface area contributed by atoms with Crippen molar-refractivity contribution < 1.29 is 9.53 Å². The second-order valence-electron chi connectivity index (χ2n) is 5.08. The normalized spacial score (nSPS) is 15.9. The molecule has 1 aromatic heterocycles. The molecule has 1 fully saturated rings. The second-order valence-corrected chi connectivity index (χ2v) is 5.08. The average Bonchev–Trinajstić information content (AvgIpc) is 3.05. The highest BCUT2D eigenvalue weighted by molar-refractivity contribution is 5.88. The molecule has 0 atom stereocenters. The number of aryl methyl sites for hydroxylation is 1. The lowest BCUT2D eigenvalue weighted by atomic mass is 10.0. The summed E-state index contributed by atoms with van der Waals surface area (Å²) in [6.07, 6.45) is 7.00. The number of carbonyl (C=O) groups is 1. The lowest BCUT2D eigenvalue weighted by Gasteiger charge is -2.10. The van der Waals surface area contributed by atoms with Crippen LogP contribution in [0.15, 0.2) is 0 Å². The third-order valence-corrected chi connectivity index (χ3v) is 3.82. The van der Waals surface area contributed by atoms with E-state index in [1.165, 1.54) is 32.8 Å². The van der Waals surface area contributed by atoms with Gasteiger partial charge < -0.3 is 10.5 Å². The Hall–Kier alpha value is -1.43. The molecular formula is C13H22N4O2. The van der Waals surface area contributed by atoms with Gasteiger partial charge in [-0.1, -0.05) is 30.9 Å². The highest BCUT2D eigenvalue weighted by Crippen LogP contribution is 2.28. The standard InChI is InChI=1S/C13H22N4O2/c1-19-13(18)12-11(6-8-14)17(16-15-12)9-7-10-4-2-3-5-10/h10H,2-9,14H2,1H3. The molecule has 0 amide bonds. The summed E-state index contributed by atoms with van der Waals surface area (Å²) in [4.78, 5) is 11.6. The Morgan fingerprint density at radius 2 is 2.21 bits per heavy atom. The van der Waals surface area contributed by atoms with Crippen LogP contribution in [0.5, 0.6) is 0 Å². The van der Waals surface area contributed by atoms with Gasteiger partial charge in [0.1, 0.15) is 0 Å².